The minimum absolute atomic E-state index is 0.175. The lowest BCUT2D eigenvalue weighted by atomic mass is 10.2. The van der Waals surface area contributed by atoms with Crippen molar-refractivity contribution in [1.82, 2.24) is 4.98 Å². The van der Waals surface area contributed by atoms with Gasteiger partial charge in [0.05, 0.1) is 12.9 Å². The highest BCUT2D eigenvalue weighted by molar-refractivity contribution is 7.14. The van der Waals surface area contributed by atoms with Gasteiger partial charge in [-0.25, -0.2) is 9.78 Å². The maximum Gasteiger partial charge on any atom is 0.357 e. The van der Waals surface area contributed by atoms with Gasteiger partial charge >= 0.3 is 5.97 Å². The van der Waals surface area contributed by atoms with Crippen molar-refractivity contribution in [1.29, 1.82) is 0 Å². The van der Waals surface area contributed by atoms with Crippen LogP contribution < -0.4 is 5.32 Å². The standard InChI is InChI=1S/C13H14N2O4S/c1-2-18-12(17)10-8-20-13(14-10)15-11(16)6-5-9-4-3-7-19-9/h3-4,7-8H,2,5-6H2,1H3,(H,14,15,16). The number of ether oxygens (including phenoxy) is 1. The first-order valence-corrected chi connectivity index (χ1v) is 7.02. The van der Waals surface area contributed by atoms with Gasteiger partial charge in [0.1, 0.15) is 5.76 Å². The van der Waals surface area contributed by atoms with Gasteiger partial charge in [-0.1, -0.05) is 0 Å². The molecule has 106 valence electrons. The first-order valence-electron chi connectivity index (χ1n) is 6.14. The molecule has 0 aromatic carbocycles. The molecule has 0 saturated heterocycles. The Morgan fingerprint density at radius 1 is 1.50 bits per heavy atom. The van der Waals surface area contributed by atoms with E-state index in [9.17, 15) is 9.59 Å². The van der Waals surface area contributed by atoms with E-state index in [4.69, 9.17) is 9.15 Å². The van der Waals surface area contributed by atoms with Crippen LogP contribution in [0.4, 0.5) is 5.13 Å². The monoisotopic (exact) mass is 294 g/mol. The molecule has 2 aromatic heterocycles. The van der Waals surface area contributed by atoms with Crippen LogP contribution in [0.15, 0.2) is 28.2 Å². The maximum atomic E-state index is 11.7. The summed E-state index contributed by atoms with van der Waals surface area (Å²) in [6.45, 7) is 2.02. The van der Waals surface area contributed by atoms with Crippen LogP contribution in [0, 0.1) is 0 Å². The molecule has 0 radical (unpaired) electrons. The number of hydrogen-bond acceptors (Lipinski definition) is 6. The van der Waals surface area contributed by atoms with E-state index in [2.05, 4.69) is 10.3 Å². The zero-order valence-corrected chi connectivity index (χ0v) is 11.7. The van der Waals surface area contributed by atoms with Crippen molar-refractivity contribution < 1.29 is 18.7 Å². The molecule has 0 unspecified atom stereocenters. The number of anilines is 1. The summed E-state index contributed by atoms with van der Waals surface area (Å²) < 4.78 is 9.97. The molecule has 2 rings (SSSR count). The first kappa shape index (κ1) is 14.3. The van der Waals surface area contributed by atoms with E-state index in [1.54, 1.807) is 24.6 Å². The molecule has 7 heteroatoms. The smallest absolute Gasteiger partial charge is 0.357 e. The minimum atomic E-state index is -0.486. The number of rotatable bonds is 6. The number of hydrogen-bond donors (Lipinski definition) is 1. The van der Waals surface area contributed by atoms with Crippen LogP contribution in [0.3, 0.4) is 0 Å². The van der Waals surface area contributed by atoms with E-state index in [-0.39, 0.29) is 11.6 Å². The van der Waals surface area contributed by atoms with Crippen molar-refractivity contribution in [3.63, 3.8) is 0 Å². The number of furan rings is 1. The second kappa shape index (κ2) is 6.85. The predicted molar refractivity (Wildman–Crippen MR) is 73.7 cm³/mol. The number of esters is 1. The molecule has 0 bridgehead atoms. The van der Waals surface area contributed by atoms with Crippen molar-refractivity contribution in [2.24, 2.45) is 0 Å². The van der Waals surface area contributed by atoms with Crippen molar-refractivity contribution >= 4 is 28.3 Å². The predicted octanol–water partition coefficient (Wildman–Crippen LogP) is 2.48. The normalized spacial score (nSPS) is 10.2. The molecule has 2 heterocycles. The third-order valence-corrected chi connectivity index (χ3v) is 3.17. The third-order valence-electron chi connectivity index (χ3n) is 2.41. The van der Waals surface area contributed by atoms with Gasteiger partial charge < -0.3 is 14.5 Å². The lowest BCUT2D eigenvalue weighted by Gasteiger charge is -2.00. The average Bonchev–Trinajstić information content (AvgIpc) is 3.07. The molecule has 0 fully saturated rings. The average molecular weight is 294 g/mol. The SMILES string of the molecule is CCOC(=O)c1csc(NC(=O)CCc2ccco2)n1. The Labute approximate surface area is 119 Å². The highest BCUT2D eigenvalue weighted by atomic mass is 32.1. The number of aryl methyl sites for hydroxylation is 1. The molecular formula is C13H14N2O4S. The summed E-state index contributed by atoms with van der Waals surface area (Å²) in [5.74, 6) is 0.0949. The second-order valence-electron chi connectivity index (χ2n) is 3.89. The summed E-state index contributed by atoms with van der Waals surface area (Å²) in [7, 11) is 0. The van der Waals surface area contributed by atoms with Gasteiger partial charge in [-0.05, 0) is 19.1 Å². The Morgan fingerprint density at radius 3 is 3.05 bits per heavy atom. The second-order valence-corrected chi connectivity index (χ2v) is 4.74. The van der Waals surface area contributed by atoms with E-state index >= 15 is 0 Å². The van der Waals surface area contributed by atoms with Crippen LogP contribution in [0.25, 0.3) is 0 Å². The van der Waals surface area contributed by atoms with E-state index < -0.39 is 5.97 Å². The molecule has 6 nitrogen and oxygen atoms in total. The van der Waals surface area contributed by atoms with Gasteiger partial charge in [0, 0.05) is 18.2 Å². The Bertz CT molecular complexity index is 577. The molecule has 0 aliphatic rings. The molecule has 1 amide bonds. The lowest BCUT2D eigenvalue weighted by molar-refractivity contribution is -0.116. The fourth-order valence-corrected chi connectivity index (χ4v) is 2.20. The van der Waals surface area contributed by atoms with Gasteiger partial charge in [0.25, 0.3) is 0 Å². The lowest BCUT2D eigenvalue weighted by Crippen LogP contribution is -2.12. The van der Waals surface area contributed by atoms with Crippen LogP contribution >= 0.6 is 11.3 Å². The summed E-state index contributed by atoms with van der Waals surface area (Å²) in [5.41, 5.74) is 0.207. The largest absolute Gasteiger partial charge is 0.469 e. The van der Waals surface area contributed by atoms with Gasteiger partial charge in [-0.3, -0.25) is 4.79 Å². The first-order chi connectivity index (χ1) is 9.69. The van der Waals surface area contributed by atoms with Gasteiger partial charge in [0.15, 0.2) is 10.8 Å². The number of carbonyl (C=O) groups excluding carboxylic acids is 2. The van der Waals surface area contributed by atoms with E-state index in [0.29, 0.717) is 24.6 Å². The molecule has 2 aromatic rings. The molecule has 0 atom stereocenters. The number of amides is 1. The number of nitrogens with zero attached hydrogens (tertiary/aromatic N) is 1. The van der Waals surface area contributed by atoms with E-state index in [0.717, 1.165) is 5.76 Å². The Kier molecular flexibility index (Phi) is 4.89. The Balaban J connectivity index is 1.83. The summed E-state index contributed by atoms with van der Waals surface area (Å²) in [6, 6.07) is 3.59. The third kappa shape index (κ3) is 3.92. The van der Waals surface area contributed by atoms with E-state index in [1.165, 1.54) is 11.3 Å². The van der Waals surface area contributed by atoms with Crippen LogP contribution in [-0.4, -0.2) is 23.5 Å². The fourth-order valence-electron chi connectivity index (χ4n) is 1.50. The zero-order chi connectivity index (χ0) is 14.4. The van der Waals surface area contributed by atoms with Crippen molar-refractivity contribution in [2.75, 3.05) is 11.9 Å². The van der Waals surface area contributed by atoms with Crippen molar-refractivity contribution in [3.05, 3.63) is 35.2 Å². The fraction of sp³-hybridized carbons (Fsp3) is 0.308. The maximum absolute atomic E-state index is 11.7. The van der Waals surface area contributed by atoms with Crippen LogP contribution in [-0.2, 0) is 16.0 Å². The van der Waals surface area contributed by atoms with Crippen LogP contribution in [0.2, 0.25) is 0 Å². The minimum Gasteiger partial charge on any atom is -0.469 e. The molecule has 0 spiro atoms. The molecule has 0 aliphatic heterocycles. The molecular weight excluding hydrogens is 280 g/mol. The number of carbonyl (C=O) groups is 2. The Morgan fingerprint density at radius 2 is 2.35 bits per heavy atom. The molecule has 0 aliphatic carbocycles. The van der Waals surface area contributed by atoms with E-state index in [1.807, 2.05) is 6.07 Å². The quantitative estimate of drug-likeness (QED) is 0.828. The van der Waals surface area contributed by atoms with Gasteiger partial charge in [0.2, 0.25) is 5.91 Å². The summed E-state index contributed by atoms with van der Waals surface area (Å²) >= 11 is 1.19. The number of nitrogens with one attached hydrogen (secondary N) is 1. The van der Waals surface area contributed by atoms with Crippen LogP contribution in [0.5, 0.6) is 0 Å². The summed E-state index contributed by atoms with van der Waals surface area (Å²) in [5, 5.41) is 4.58. The number of thiazole rings is 1. The van der Waals surface area contributed by atoms with Crippen LogP contribution in [0.1, 0.15) is 29.6 Å². The molecule has 0 saturated carbocycles. The van der Waals surface area contributed by atoms with Crippen molar-refractivity contribution in [3.8, 4) is 0 Å². The Hall–Kier alpha value is -2.15. The van der Waals surface area contributed by atoms with Crippen molar-refractivity contribution in [2.45, 2.75) is 19.8 Å². The highest BCUT2D eigenvalue weighted by Gasteiger charge is 2.13. The van der Waals surface area contributed by atoms with Gasteiger partial charge in [-0.15, -0.1) is 11.3 Å². The summed E-state index contributed by atoms with van der Waals surface area (Å²) in [6.07, 6.45) is 2.39. The topological polar surface area (TPSA) is 81.4 Å². The molecule has 20 heavy (non-hydrogen) atoms. The number of aromatic nitrogens is 1. The van der Waals surface area contributed by atoms with Gasteiger partial charge in [-0.2, -0.15) is 0 Å². The zero-order valence-electron chi connectivity index (χ0n) is 10.9. The molecule has 1 N–H and O–H groups in total. The highest BCUT2D eigenvalue weighted by Crippen LogP contribution is 2.16. The summed E-state index contributed by atoms with van der Waals surface area (Å²) in [4.78, 5) is 27.1.